The Kier molecular flexibility index (Phi) is 5.85. The number of nitrogens with zero attached hydrogens (tertiary/aromatic N) is 4. The molecule has 0 bridgehead atoms. The van der Waals surface area contributed by atoms with Gasteiger partial charge in [0.25, 0.3) is 0 Å². The minimum absolute atomic E-state index is 0.574. The topological polar surface area (TPSA) is 64.7 Å². The lowest BCUT2D eigenvalue weighted by Crippen LogP contribution is -2.00. The SMILES string of the molecule is c1ccc(-c2nc(-c3cccc4c3oc3ccccc34)nc(-c3cccc4sc5c(-c6nc7ccccc7s6)cccc5c34)n2)cc1. The number of para-hydroxylation sites is 3. The number of thiazole rings is 1. The third kappa shape index (κ3) is 4.21. The molecule has 5 nitrogen and oxygen atoms in total. The Labute approximate surface area is 276 Å². The minimum atomic E-state index is 0.574. The molecular weight excluding hydrogens is 617 g/mol. The maximum absolute atomic E-state index is 6.42. The Morgan fingerprint density at radius 2 is 1.11 bits per heavy atom. The lowest BCUT2D eigenvalue weighted by atomic mass is 10.0. The number of hydrogen-bond donors (Lipinski definition) is 0. The lowest BCUT2D eigenvalue weighted by molar-refractivity contribution is 0.669. The molecule has 220 valence electrons. The molecule has 0 N–H and O–H groups in total. The van der Waals surface area contributed by atoms with E-state index in [1.54, 1.807) is 22.7 Å². The third-order valence-electron chi connectivity index (χ3n) is 8.60. The molecule has 10 aromatic rings. The molecule has 0 saturated carbocycles. The van der Waals surface area contributed by atoms with Crippen molar-refractivity contribution in [2.45, 2.75) is 0 Å². The molecular formula is C40H22N4OS2. The van der Waals surface area contributed by atoms with Gasteiger partial charge in [0, 0.05) is 47.6 Å². The summed E-state index contributed by atoms with van der Waals surface area (Å²) in [6.45, 7) is 0. The van der Waals surface area contributed by atoms with Gasteiger partial charge in [-0.25, -0.2) is 19.9 Å². The fourth-order valence-electron chi connectivity index (χ4n) is 6.45. The summed E-state index contributed by atoms with van der Waals surface area (Å²) in [4.78, 5) is 20.3. The predicted octanol–water partition coefficient (Wildman–Crippen LogP) is 11.4. The van der Waals surface area contributed by atoms with Crippen LogP contribution in [0.4, 0.5) is 0 Å². The number of aromatic nitrogens is 4. The molecule has 0 fully saturated rings. The molecule has 0 radical (unpaired) electrons. The first-order chi connectivity index (χ1) is 23.3. The number of benzene rings is 6. The van der Waals surface area contributed by atoms with Crippen LogP contribution in [0.15, 0.2) is 138 Å². The normalized spacial score (nSPS) is 11.8. The van der Waals surface area contributed by atoms with E-state index < -0.39 is 0 Å². The molecule has 0 aliphatic rings. The lowest BCUT2D eigenvalue weighted by Gasteiger charge is -2.10. The number of rotatable bonds is 4. The quantitative estimate of drug-likeness (QED) is 0.192. The van der Waals surface area contributed by atoms with Crippen molar-refractivity contribution in [1.29, 1.82) is 0 Å². The van der Waals surface area contributed by atoms with Crippen molar-refractivity contribution in [3.05, 3.63) is 133 Å². The van der Waals surface area contributed by atoms with Crippen LogP contribution in [0.25, 0.3) is 97.1 Å². The van der Waals surface area contributed by atoms with Crippen LogP contribution in [-0.2, 0) is 0 Å². The third-order valence-corrected chi connectivity index (χ3v) is 10.9. The highest BCUT2D eigenvalue weighted by Gasteiger charge is 2.21. The summed E-state index contributed by atoms with van der Waals surface area (Å²) in [5, 5.41) is 5.43. The monoisotopic (exact) mass is 638 g/mol. The number of hydrogen-bond acceptors (Lipinski definition) is 7. The van der Waals surface area contributed by atoms with Gasteiger partial charge in [-0.1, -0.05) is 103 Å². The van der Waals surface area contributed by atoms with E-state index in [4.69, 9.17) is 24.4 Å². The maximum Gasteiger partial charge on any atom is 0.167 e. The first-order valence-corrected chi connectivity index (χ1v) is 16.9. The molecule has 0 amide bonds. The molecule has 7 heteroatoms. The summed E-state index contributed by atoms with van der Waals surface area (Å²) in [7, 11) is 0. The molecule has 4 aromatic heterocycles. The molecule has 0 aliphatic heterocycles. The first-order valence-electron chi connectivity index (χ1n) is 15.3. The fraction of sp³-hybridized carbons (Fsp3) is 0. The number of thiophene rings is 1. The van der Waals surface area contributed by atoms with Gasteiger partial charge in [0.2, 0.25) is 0 Å². The van der Waals surface area contributed by atoms with Gasteiger partial charge in [0.1, 0.15) is 16.2 Å². The zero-order valence-electron chi connectivity index (χ0n) is 24.7. The van der Waals surface area contributed by atoms with Crippen molar-refractivity contribution >= 4 is 75.0 Å². The summed E-state index contributed by atoms with van der Waals surface area (Å²) in [6.07, 6.45) is 0. The van der Waals surface area contributed by atoms with Gasteiger partial charge < -0.3 is 4.42 Å². The standard InChI is InChI=1S/C40H22N4OS2/c1-2-11-23(12-3-1)37-42-38(44-39(43-37)28-17-8-14-25-24-13-4-6-20-31(24)45-35(25)28)27-16-10-22-33-34(27)26-15-9-18-29(36(26)46-33)40-41-30-19-5-7-21-32(30)47-40/h1-22H. The van der Waals surface area contributed by atoms with Gasteiger partial charge >= 0.3 is 0 Å². The van der Waals surface area contributed by atoms with Gasteiger partial charge in [0.05, 0.1) is 15.8 Å². The maximum atomic E-state index is 6.42. The van der Waals surface area contributed by atoms with Crippen molar-refractivity contribution in [3.63, 3.8) is 0 Å². The summed E-state index contributed by atoms with van der Waals surface area (Å²) in [5.41, 5.74) is 6.50. The highest BCUT2D eigenvalue weighted by molar-refractivity contribution is 7.27. The predicted molar refractivity (Wildman–Crippen MR) is 195 cm³/mol. The molecule has 0 aliphatic carbocycles. The van der Waals surface area contributed by atoms with Crippen LogP contribution in [0.5, 0.6) is 0 Å². The second-order valence-electron chi connectivity index (χ2n) is 11.4. The van der Waals surface area contributed by atoms with Crippen molar-refractivity contribution in [1.82, 2.24) is 19.9 Å². The van der Waals surface area contributed by atoms with Gasteiger partial charge in [0.15, 0.2) is 17.5 Å². The first kappa shape index (κ1) is 26.5. The van der Waals surface area contributed by atoms with Crippen LogP contribution in [-0.4, -0.2) is 19.9 Å². The van der Waals surface area contributed by atoms with E-state index >= 15 is 0 Å². The molecule has 0 spiro atoms. The van der Waals surface area contributed by atoms with Crippen LogP contribution < -0.4 is 0 Å². The van der Waals surface area contributed by atoms with E-state index in [0.717, 1.165) is 60.1 Å². The molecule has 0 atom stereocenters. The highest BCUT2D eigenvalue weighted by Crippen LogP contribution is 2.45. The Morgan fingerprint density at radius 1 is 0.447 bits per heavy atom. The Balaban J connectivity index is 1.23. The number of furan rings is 1. The zero-order valence-corrected chi connectivity index (χ0v) is 26.3. The second kappa shape index (κ2) is 10.4. The fourth-order valence-corrected chi connectivity index (χ4v) is 8.75. The van der Waals surface area contributed by atoms with E-state index in [1.165, 1.54) is 19.5 Å². The highest BCUT2D eigenvalue weighted by atomic mass is 32.1. The molecule has 6 aromatic carbocycles. The Morgan fingerprint density at radius 3 is 2.00 bits per heavy atom. The summed E-state index contributed by atoms with van der Waals surface area (Å²) >= 11 is 3.52. The molecule has 47 heavy (non-hydrogen) atoms. The average Bonchev–Trinajstić information content (AvgIpc) is 3.85. The Bertz CT molecular complexity index is 2780. The van der Waals surface area contributed by atoms with Crippen LogP contribution in [0.3, 0.4) is 0 Å². The summed E-state index contributed by atoms with van der Waals surface area (Å²) in [5.74, 6) is 1.81. The molecule has 0 unspecified atom stereocenters. The van der Waals surface area contributed by atoms with E-state index in [-0.39, 0.29) is 0 Å². The molecule has 4 heterocycles. The minimum Gasteiger partial charge on any atom is -0.455 e. The summed E-state index contributed by atoms with van der Waals surface area (Å²) in [6, 6.07) is 45.6. The van der Waals surface area contributed by atoms with Crippen LogP contribution in [0, 0.1) is 0 Å². The van der Waals surface area contributed by atoms with Crippen molar-refractivity contribution in [2.75, 3.05) is 0 Å². The number of fused-ring (bicyclic) bond motifs is 7. The molecule has 10 rings (SSSR count). The van der Waals surface area contributed by atoms with Gasteiger partial charge in [-0.05, 0) is 30.3 Å². The van der Waals surface area contributed by atoms with Gasteiger partial charge in [-0.3, -0.25) is 0 Å². The van der Waals surface area contributed by atoms with E-state index in [1.807, 2.05) is 66.7 Å². The van der Waals surface area contributed by atoms with Crippen molar-refractivity contribution < 1.29 is 4.42 Å². The Hall–Kier alpha value is -5.76. The van der Waals surface area contributed by atoms with E-state index in [2.05, 4.69) is 66.7 Å². The van der Waals surface area contributed by atoms with Crippen molar-refractivity contribution in [3.8, 4) is 44.7 Å². The molecule has 0 saturated heterocycles. The largest absolute Gasteiger partial charge is 0.455 e. The average molecular weight is 639 g/mol. The summed E-state index contributed by atoms with van der Waals surface area (Å²) < 4.78 is 9.99. The zero-order chi connectivity index (χ0) is 30.9. The van der Waals surface area contributed by atoms with Crippen molar-refractivity contribution in [2.24, 2.45) is 0 Å². The second-order valence-corrected chi connectivity index (χ2v) is 13.5. The van der Waals surface area contributed by atoms with Crippen LogP contribution in [0.1, 0.15) is 0 Å². The van der Waals surface area contributed by atoms with E-state index in [9.17, 15) is 0 Å². The van der Waals surface area contributed by atoms with Crippen LogP contribution >= 0.6 is 22.7 Å². The van der Waals surface area contributed by atoms with Gasteiger partial charge in [-0.15, -0.1) is 22.7 Å². The van der Waals surface area contributed by atoms with Gasteiger partial charge in [-0.2, -0.15) is 0 Å². The smallest absolute Gasteiger partial charge is 0.167 e. The van der Waals surface area contributed by atoms with E-state index in [0.29, 0.717) is 17.5 Å². The van der Waals surface area contributed by atoms with Crippen LogP contribution in [0.2, 0.25) is 0 Å².